The van der Waals surface area contributed by atoms with Gasteiger partial charge in [0.05, 0.1) is 6.67 Å². The van der Waals surface area contributed by atoms with Crippen molar-refractivity contribution in [2.45, 2.75) is 45.4 Å². The van der Waals surface area contributed by atoms with Gasteiger partial charge in [-0.2, -0.15) is 0 Å². The molecule has 2 fully saturated rings. The standard InChI is InChI=1S/C18H24FN3O3/c1-11-7-12(5-6-13(11)19)21-10-22-14(16(21)23)8-20-9-15(22)17(24)25-18(2,3)4/h5-7,14-15,20H,8-10H2,1-4H3. The number of hydrogen-bond acceptors (Lipinski definition) is 5. The van der Waals surface area contributed by atoms with E-state index in [1.165, 1.54) is 6.07 Å². The molecule has 0 aliphatic carbocycles. The average molecular weight is 349 g/mol. The average Bonchev–Trinajstić information content (AvgIpc) is 2.85. The van der Waals surface area contributed by atoms with Crippen molar-refractivity contribution in [3.05, 3.63) is 29.6 Å². The summed E-state index contributed by atoms with van der Waals surface area (Å²) < 4.78 is 19.0. The Kier molecular flexibility index (Phi) is 4.55. The summed E-state index contributed by atoms with van der Waals surface area (Å²) in [6.45, 7) is 8.34. The Hall–Kier alpha value is -1.99. The Morgan fingerprint density at radius 1 is 1.32 bits per heavy atom. The molecule has 2 unspecified atom stereocenters. The summed E-state index contributed by atoms with van der Waals surface area (Å²) in [6.07, 6.45) is 0. The number of benzene rings is 1. The quantitative estimate of drug-likeness (QED) is 0.819. The lowest BCUT2D eigenvalue weighted by molar-refractivity contribution is -0.162. The molecule has 0 bridgehead atoms. The molecule has 2 aliphatic rings. The van der Waals surface area contributed by atoms with Crippen LogP contribution in [0.4, 0.5) is 10.1 Å². The number of aryl methyl sites for hydroxylation is 1. The van der Waals surface area contributed by atoms with E-state index in [0.29, 0.717) is 31.0 Å². The Labute approximate surface area is 146 Å². The van der Waals surface area contributed by atoms with Crippen LogP contribution in [0.2, 0.25) is 0 Å². The molecule has 1 aromatic carbocycles. The largest absolute Gasteiger partial charge is 0.459 e. The van der Waals surface area contributed by atoms with Crippen LogP contribution >= 0.6 is 0 Å². The number of halogens is 1. The molecular weight excluding hydrogens is 325 g/mol. The number of hydrogen-bond donors (Lipinski definition) is 1. The Morgan fingerprint density at radius 3 is 2.68 bits per heavy atom. The fourth-order valence-electron chi connectivity index (χ4n) is 3.24. The lowest BCUT2D eigenvalue weighted by Gasteiger charge is -2.35. The Bertz CT molecular complexity index is 701. The number of anilines is 1. The highest BCUT2D eigenvalue weighted by Crippen LogP contribution is 2.28. The summed E-state index contributed by atoms with van der Waals surface area (Å²) >= 11 is 0. The molecule has 2 saturated heterocycles. The maximum absolute atomic E-state index is 13.5. The fraction of sp³-hybridized carbons (Fsp3) is 0.556. The van der Waals surface area contributed by atoms with Crippen molar-refractivity contribution in [2.24, 2.45) is 0 Å². The van der Waals surface area contributed by atoms with Gasteiger partial charge in [-0.05, 0) is 51.5 Å². The molecule has 1 N–H and O–H groups in total. The van der Waals surface area contributed by atoms with Crippen LogP contribution < -0.4 is 10.2 Å². The van der Waals surface area contributed by atoms with Crippen LogP contribution in [-0.2, 0) is 14.3 Å². The van der Waals surface area contributed by atoms with E-state index in [1.807, 2.05) is 25.7 Å². The molecule has 0 spiro atoms. The highest BCUT2D eigenvalue weighted by atomic mass is 19.1. The number of carbonyl (C=O) groups is 2. The number of rotatable bonds is 2. The molecule has 0 aromatic heterocycles. The number of amides is 1. The minimum atomic E-state index is -0.582. The SMILES string of the molecule is Cc1cc(N2CN3C(C(=O)OC(C)(C)C)CNCC3C2=O)ccc1F. The van der Waals surface area contributed by atoms with Gasteiger partial charge < -0.3 is 10.1 Å². The van der Waals surface area contributed by atoms with Gasteiger partial charge in [-0.25, -0.2) is 4.39 Å². The predicted octanol–water partition coefficient (Wildman–Crippen LogP) is 1.42. The summed E-state index contributed by atoms with van der Waals surface area (Å²) in [5.41, 5.74) is 0.542. The molecule has 136 valence electrons. The van der Waals surface area contributed by atoms with E-state index in [0.717, 1.165) is 0 Å². The first kappa shape index (κ1) is 17.8. The number of nitrogens with one attached hydrogen (secondary N) is 1. The van der Waals surface area contributed by atoms with Crippen molar-refractivity contribution in [3.8, 4) is 0 Å². The summed E-state index contributed by atoms with van der Waals surface area (Å²) in [5, 5.41) is 3.15. The molecule has 2 aliphatic heterocycles. The molecule has 3 rings (SSSR count). The maximum atomic E-state index is 13.5. The molecular formula is C18H24FN3O3. The lowest BCUT2D eigenvalue weighted by Crippen LogP contribution is -2.60. The van der Waals surface area contributed by atoms with Gasteiger partial charge >= 0.3 is 5.97 Å². The van der Waals surface area contributed by atoms with Crippen molar-refractivity contribution < 1.29 is 18.7 Å². The highest BCUT2D eigenvalue weighted by Gasteiger charge is 2.47. The summed E-state index contributed by atoms with van der Waals surface area (Å²) in [6, 6.07) is 3.67. The Morgan fingerprint density at radius 2 is 2.04 bits per heavy atom. The van der Waals surface area contributed by atoms with Crippen LogP contribution in [-0.4, -0.2) is 54.2 Å². The smallest absolute Gasteiger partial charge is 0.325 e. The summed E-state index contributed by atoms with van der Waals surface area (Å²) in [4.78, 5) is 28.8. The van der Waals surface area contributed by atoms with Gasteiger partial charge in [-0.1, -0.05) is 0 Å². The zero-order valence-electron chi connectivity index (χ0n) is 15.0. The van der Waals surface area contributed by atoms with Gasteiger partial charge in [0, 0.05) is 18.8 Å². The molecule has 25 heavy (non-hydrogen) atoms. The highest BCUT2D eigenvalue weighted by molar-refractivity contribution is 6.00. The molecule has 0 radical (unpaired) electrons. The van der Waals surface area contributed by atoms with Crippen molar-refractivity contribution in [1.82, 2.24) is 10.2 Å². The van der Waals surface area contributed by atoms with Crippen LogP contribution in [0.25, 0.3) is 0 Å². The fourth-order valence-corrected chi connectivity index (χ4v) is 3.24. The van der Waals surface area contributed by atoms with E-state index in [9.17, 15) is 14.0 Å². The van der Waals surface area contributed by atoms with E-state index in [1.54, 1.807) is 24.0 Å². The second-order valence-electron chi connectivity index (χ2n) is 7.58. The van der Waals surface area contributed by atoms with Crippen molar-refractivity contribution in [1.29, 1.82) is 0 Å². The third-order valence-electron chi connectivity index (χ3n) is 4.46. The van der Waals surface area contributed by atoms with Gasteiger partial charge in [0.1, 0.15) is 23.5 Å². The molecule has 2 heterocycles. The predicted molar refractivity (Wildman–Crippen MR) is 91.6 cm³/mol. The summed E-state index contributed by atoms with van der Waals surface area (Å²) in [7, 11) is 0. The minimum Gasteiger partial charge on any atom is -0.459 e. The van der Waals surface area contributed by atoms with Crippen LogP contribution in [0, 0.1) is 12.7 Å². The second kappa shape index (κ2) is 6.38. The first-order valence-electron chi connectivity index (χ1n) is 8.44. The van der Waals surface area contributed by atoms with Crippen molar-refractivity contribution in [3.63, 3.8) is 0 Å². The zero-order valence-corrected chi connectivity index (χ0v) is 15.0. The maximum Gasteiger partial charge on any atom is 0.325 e. The number of piperazine rings is 1. The number of fused-ring (bicyclic) bond motifs is 1. The second-order valence-corrected chi connectivity index (χ2v) is 7.58. The van der Waals surface area contributed by atoms with E-state index in [-0.39, 0.29) is 17.7 Å². The first-order valence-corrected chi connectivity index (χ1v) is 8.44. The van der Waals surface area contributed by atoms with E-state index in [4.69, 9.17) is 4.74 Å². The van der Waals surface area contributed by atoms with E-state index < -0.39 is 17.7 Å². The topological polar surface area (TPSA) is 61.9 Å². The summed E-state index contributed by atoms with van der Waals surface area (Å²) in [5.74, 6) is -0.733. The monoisotopic (exact) mass is 349 g/mol. The van der Waals surface area contributed by atoms with E-state index >= 15 is 0 Å². The van der Waals surface area contributed by atoms with Crippen LogP contribution in [0.15, 0.2) is 18.2 Å². The number of ether oxygens (including phenoxy) is 1. The molecule has 7 heteroatoms. The van der Waals surface area contributed by atoms with Gasteiger partial charge in [0.2, 0.25) is 5.91 Å². The van der Waals surface area contributed by atoms with Crippen LogP contribution in [0.1, 0.15) is 26.3 Å². The minimum absolute atomic E-state index is 0.0910. The number of nitrogens with zero attached hydrogens (tertiary/aromatic N) is 2. The van der Waals surface area contributed by atoms with Gasteiger partial charge in [0.15, 0.2) is 0 Å². The van der Waals surface area contributed by atoms with Crippen LogP contribution in [0.3, 0.4) is 0 Å². The molecule has 1 amide bonds. The molecule has 0 saturated carbocycles. The lowest BCUT2D eigenvalue weighted by atomic mass is 10.1. The number of carbonyl (C=O) groups excluding carboxylic acids is 2. The third kappa shape index (κ3) is 3.52. The molecule has 1 aromatic rings. The molecule has 6 nitrogen and oxygen atoms in total. The van der Waals surface area contributed by atoms with Gasteiger partial charge in [-0.3, -0.25) is 19.4 Å². The number of esters is 1. The van der Waals surface area contributed by atoms with Crippen LogP contribution in [0.5, 0.6) is 0 Å². The van der Waals surface area contributed by atoms with Gasteiger partial charge in [0.25, 0.3) is 0 Å². The Balaban J connectivity index is 1.83. The molecule has 2 atom stereocenters. The van der Waals surface area contributed by atoms with Crippen molar-refractivity contribution in [2.75, 3.05) is 24.7 Å². The van der Waals surface area contributed by atoms with Crippen molar-refractivity contribution >= 4 is 17.6 Å². The zero-order chi connectivity index (χ0) is 18.4. The first-order chi connectivity index (χ1) is 11.7. The third-order valence-corrected chi connectivity index (χ3v) is 4.46. The normalized spacial score (nSPS) is 24.4. The van der Waals surface area contributed by atoms with E-state index in [2.05, 4.69) is 5.32 Å². The van der Waals surface area contributed by atoms with Gasteiger partial charge in [-0.15, -0.1) is 0 Å².